The van der Waals surface area contributed by atoms with Crippen LogP contribution in [-0.2, 0) is 17.2 Å². The molecule has 5 rings (SSSR count). The Balaban J connectivity index is 0.00000198. The number of carbonyl (C=O) groups is 1. The van der Waals surface area contributed by atoms with Gasteiger partial charge in [-0.1, -0.05) is 62.4 Å². The number of fused-ring (bicyclic) bond motifs is 1. The zero-order valence-corrected chi connectivity index (χ0v) is 25.8. The maximum atomic E-state index is 15.0. The molecule has 0 radical (unpaired) electrons. The molecule has 0 aliphatic rings. The van der Waals surface area contributed by atoms with E-state index < -0.39 is 22.2 Å². The van der Waals surface area contributed by atoms with Gasteiger partial charge in [-0.15, -0.1) is 9.24 Å². The molecule has 5 aromatic rings. The number of aromatic nitrogens is 3. The number of hydrogen-bond acceptors (Lipinski definition) is 5. The normalized spacial score (nSPS) is 11.5. The van der Waals surface area contributed by atoms with Gasteiger partial charge in [0.1, 0.15) is 5.82 Å². The van der Waals surface area contributed by atoms with Crippen LogP contribution in [-0.4, -0.2) is 37.5 Å². The van der Waals surface area contributed by atoms with Gasteiger partial charge in [0.2, 0.25) is 5.16 Å². The maximum absolute atomic E-state index is 15.0. The number of nitrogens with one attached hydrogen (secondary N) is 1. The van der Waals surface area contributed by atoms with Gasteiger partial charge in [-0.05, 0) is 54.0 Å². The zero-order chi connectivity index (χ0) is 30.4. The summed E-state index contributed by atoms with van der Waals surface area (Å²) in [6.45, 7) is 6.34. The van der Waals surface area contributed by atoms with Crippen molar-refractivity contribution in [3.8, 4) is 16.9 Å². The lowest BCUT2D eigenvalue weighted by Gasteiger charge is -2.16. The van der Waals surface area contributed by atoms with E-state index in [0.717, 1.165) is 11.1 Å². The van der Waals surface area contributed by atoms with Crippen LogP contribution in [0.5, 0.6) is 0 Å². The first-order valence-electron chi connectivity index (χ1n) is 13.5. The van der Waals surface area contributed by atoms with E-state index in [1.165, 1.54) is 23.0 Å². The van der Waals surface area contributed by atoms with Crippen molar-refractivity contribution in [2.45, 2.75) is 32.3 Å². The van der Waals surface area contributed by atoms with Crippen molar-refractivity contribution in [3.05, 3.63) is 112 Å². The molecule has 0 saturated heterocycles. The van der Waals surface area contributed by atoms with Crippen LogP contribution in [0.2, 0.25) is 0 Å². The van der Waals surface area contributed by atoms with E-state index in [2.05, 4.69) is 24.5 Å². The molecule has 1 N–H and O–H groups in total. The predicted octanol–water partition coefficient (Wildman–Crippen LogP) is 5.13. The minimum absolute atomic E-state index is 0.0133. The lowest BCUT2D eigenvalue weighted by molar-refractivity contribution is 0.0954. The second-order valence-corrected chi connectivity index (χ2v) is 11.1. The Labute approximate surface area is 248 Å². The lowest BCUT2D eigenvalue weighted by Crippen LogP contribution is -2.25. The first-order chi connectivity index (χ1) is 20.2. The van der Waals surface area contributed by atoms with Gasteiger partial charge in [-0.2, -0.15) is 0 Å². The molecule has 2 heterocycles. The molecule has 0 aliphatic heterocycles. The van der Waals surface area contributed by atoms with E-state index in [1.807, 2.05) is 57.2 Å². The molecule has 0 fully saturated rings. The van der Waals surface area contributed by atoms with E-state index in [-0.39, 0.29) is 22.4 Å². The topological polar surface area (TPSA) is 94.0 Å². The second kappa shape index (κ2) is 13.7. The highest BCUT2D eigenvalue weighted by Crippen LogP contribution is 2.31. The molecule has 42 heavy (non-hydrogen) atoms. The Hall–Kier alpha value is -4.07. The van der Waals surface area contributed by atoms with Gasteiger partial charge in [0.05, 0.1) is 22.2 Å². The Morgan fingerprint density at radius 1 is 1.00 bits per heavy atom. The van der Waals surface area contributed by atoms with E-state index in [9.17, 15) is 13.8 Å². The SMILES string of the molecule is CC.Cc1ccc(C(=O)NCCc2ccccc2)cc1-c1nc(S(C)=O)nc2c1ccc(=O)n2-c1c(F)cccc1P. The molecule has 0 saturated carbocycles. The number of aryl methyl sites for hydroxylation is 1. The third-order valence-electron chi connectivity index (χ3n) is 6.53. The average Bonchev–Trinajstić information content (AvgIpc) is 2.99. The molecular weight excluding hydrogens is 570 g/mol. The molecule has 10 heteroatoms. The van der Waals surface area contributed by atoms with Crippen LogP contribution in [0.15, 0.2) is 88.8 Å². The molecule has 2 unspecified atom stereocenters. The van der Waals surface area contributed by atoms with Gasteiger partial charge in [-0.25, -0.2) is 14.4 Å². The van der Waals surface area contributed by atoms with Gasteiger partial charge < -0.3 is 5.32 Å². The predicted molar refractivity (Wildman–Crippen MR) is 171 cm³/mol. The fourth-order valence-electron chi connectivity index (χ4n) is 4.50. The van der Waals surface area contributed by atoms with E-state index in [4.69, 9.17) is 0 Å². The number of hydrogen-bond donors (Lipinski definition) is 1. The molecule has 2 aromatic heterocycles. The largest absolute Gasteiger partial charge is 0.352 e. The molecule has 0 aliphatic carbocycles. The Bertz CT molecular complexity index is 1820. The number of amides is 1. The third-order valence-corrected chi connectivity index (χ3v) is 7.69. The number of carbonyl (C=O) groups excluding carboxylic acids is 1. The summed E-state index contributed by atoms with van der Waals surface area (Å²) >= 11 is 0. The molecular formula is C32H32FN4O3PS. The van der Waals surface area contributed by atoms with Crippen LogP contribution < -0.4 is 16.2 Å². The first kappa shape index (κ1) is 30.9. The minimum Gasteiger partial charge on any atom is -0.352 e. The second-order valence-electron chi connectivity index (χ2n) is 9.25. The van der Waals surface area contributed by atoms with Crippen LogP contribution >= 0.6 is 9.24 Å². The molecule has 1 amide bonds. The number of rotatable bonds is 7. The number of halogens is 1. The van der Waals surface area contributed by atoms with Crippen molar-refractivity contribution in [3.63, 3.8) is 0 Å². The van der Waals surface area contributed by atoms with Crippen molar-refractivity contribution in [1.82, 2.24) is 19.9 Å². The number of benzene rings is 3. The van der Waals surface area contributed by atoms with E-state index in [1.54, 1.807) is 30.3 Å². The van der Waals surface area contributed by atoms with Crippen LogP contribution in [0, 0.1) is 12.7 Å². The quantitative estimate of drug-likeness (QED) is 0.206. The molecule has 0 bridgehead atoms. The maximum Gasteiger partial charge on any atom is 0.256 e. The summed E-state index contributed by atoms with van der Waals surface area (Å²) in [6, 6.07) is 22.5. The lowest BCUT2D eigenvalue weighted by atomic mass is 9.99. The van der Waals surface area contributed by atoms with Gasteiger partial charge in [0.15, 0.2) is 5.65 Å². The van der Waals surface area contributed by atoms with Crippen LogP contribution in [0.3, 0.4) is 0 Å². The van der Waals surface area contributed by atoms with Gasteiger partial charge in [0.25, 0.3) is 11.5 Å². The smallest absolute Gasteiger partial charge is 0.256 e. The molecule has 216 valence electrons. The van der Waals surface area contributed by atoms with Crippen LogP contribution in [0.4, 0.5) is 4.39 Å². The van der Waals surface area contributed by atoms with Crippen molar-refractivity contribution < 1.29 is 13.4 Å². The summed E-state index contributed by atoms with van der Waals surface area (Å²) in [5.74, 6) is -0.850. The first-order valence-corrected chi connectivity index (χ1v) is 15.6. The van der Waals surface area contributed by atoms with Crippen molar-refractivity contribution in [1.29, 1.82) is 0 Å². The highest BCUT2D eigenvalue weighted by Gasteiger charge is 2.21. The average molecular weight is 603 g/mol. The number of para-hydroxylation sites is 1. The molecule has 7 nitrogen and oxygen atoms in total. The Kier molecular flexibility index (Phi) is 10.1. The summed E-state index contributed by atoms with van der Waals surface area (Å²) in [5.41, 5.74) is 3.01. The van der Waals surface area contributed by atoms with Gasteiger partial charge in [0, 0.05) is 35.4 Å². The summed E-state index contributed by atoms with van der Waals surface area (Å²) in [4.78, 5) is 35.1. The Morgan fingerprint density at radius 3 is 2.43 bits per heavy atom. The van der Waals surface area contributed by atoms with Crippen molar-refractivity contribution >= 4 is 42.3 Å². The van der Waals surface area contributed by atoms with E-state index >= 15 is 4.39 Å². The fourth-order valence-corrected chi connectivity index (χ4v) is 5.31. The fraction of sp³-hybridized carbons (Fsp3) is 0.188. The minimum atomic E-state index is -1.61. The van der Waals surface area contributed by atoms with E-state index in [0.29, 0.717) is 40.5 Å². The van der Waals surface area contributed by atoms with Crippen molar-refractivity contribution in [2.24, 2.45) is 0 Å². The standard InChI is InChI=1S/C30H26FN4O3PS.C2H6/c1-18-11-12-20(29(37)32-16-15-19-7-4-3-5-8-19)17-22(18)26-21-13-14-25(36)35(27-23(31)9-6-10-24(27)39)28(21)34-30(33-26)40(2)38;1-2/h3-14,17H,15-16,39H2,1-2H3,(H,32,37);1-2H3. The Morgan fingerprint density at radius 2 is 1.74 bits per heavy atom. The highest BCUT2D eigenvalue weighted by atomic mass is 32.2. The molecule has 2 atom stereocenters. The van der Waals surface area contributed by atoms with Crippen molar-refractivity contribution in [2.75, 3.05) is 12.8 Å². The van der Waals surface area contributed by atoms with Crippen LogP contribution in [0.25, 0.3) is 28.0 Å². The van der Waals surface area contributed by atoms with Crippen LogP contribution in [0.1, 0.15) is 35.3 Å². The highest BCUT2D eigenvalue weighted by molar-refractivity contribution is 7.84. The molecule has 3 aromatic carbocycles. The summed E-state index contributed by atoms with van der Waals surface area (Å²) in [7, 11) is 0.820. The number of nitrogens with zero attached hydrogens (tertiary/aromatic N) is 3. The summed E-state index contributed by atoms with van der Waals surface area (Å²) in [6.07, 6.45) is 2.13. The number of pyridine rings is 1. The monoisotopic (exact) mass is 602 g/mol. The molecule has 0 spiro atoms. The third kappa shape index (κ3) is 6.53. The van der Waals surface area contributed by atoms with Gasteiger partial charge >= 0.3 is 0 Å². The zero-order valence-electron chi connectivity index (χ0n) is 23.8. The van der Waals surface area contributed by atoms with Gasteiger partial charge in [-0.3, -0.25) is 18.4 Å². The summed E-state index contributed by atoms with van der Waals surface area (Å²) < 4.78 is 28.8. The summed E-state index contributed by atoms with van der Waals surface area (Å²) in [5, 5.41) is 3.85.